The molecule has 3 aromatic heterocycles. The number of urea groups is 1. The van der Waals surface area contributed by atoms with Gasteiger partial charge < -0.3 is 34.9 Å². The summed E-state index contributed by atoms with van der Waals surface area (Å²) in [5.74, 6) is -1.56. The summed E-state index contributed by atoms with van der Waals surface area (Å²) in [6.45, 7) is 14.2. The Kier molecular flexibility index (Phi) is 13.2. The summed E-state index contributed by atoms with van der Waals surface area (Å²) in [6.07, 6.45) is 4.10. The number of fused-ring (bicyclic) bond motifs is 6. The van der Waals surface area contributed by atoms with Crippen molar-refractivity contribution in [2.45, 2.75) is 110 Å². The number of nitrogens with zero attached hydrogens (tertiary/aromatic N) is 6. The maximum Gasteiger partial charge on any atom is 0.324 e. The lowest BCUT2D eigenvalue weighted by atomic mass is 9.84. The van der Waals surface area contributed by atoms with Gasteiger partial charge in [0.2, 0.25) is 5.91 Å². The fourth-order valence-electron chi connectivity index (χ4n) is 9.01. The minimum absolute atomic E-state index is 0.0659. The zero-order chi connectivity index (χ0) is 43.7. The van der Waals surface area contributed by atoms with Crippen molar-refractivity contribution < 1.29 is 28.7 Å². The summed E-state index contributed by atoms with van der Waals surface area (Å²) in [5.41, 5.74) is 15.3. The summed E-state index contributed by atoms with van der Waals surface area (Å²) in [4.78, 5) is 69.2. The van der Waals surface area contributed by atoms with Crippen LogP contribution in [0, 0.1) is 11.3 Å². The van der Waals surface area contributed by atoms with Crippen LogP contribution < -0.4 is 16.5 Å². The number of thiazole rings is 1. The number of hydrogen-bond donors (Lipinski definition) is 3. The van der Waals surface area contributed by atoms with Gasteiger partial charge in [-0.2, -0.15) is 0 Å². The van der Waals surface area contributed by atoms with Gasteiger partial charge >= 0.3 is 12.0 Å². The topological polar surface area (TPSA) is 177 Å². The lowest BCUT2D eigenvalue weighted by Gasteiger charge is -2.44. The highest BCUT2D eigenvalue weighted by molar-refractivity contribution is 7.10. The van der Waals surface area contributed by atoms with Crippen molar-refractivity contribution >= 4 is 46.1 Å². The van der Waals surface area contributed by atoms with Crippen molar-refractivity contribution in [3.05, 3.63) is 58.2 Å². The monoisotopic (exact) mass is 855 g/mol. The van der Waals surface area contributed by atoms with Crippen molar-refractivity contribution in [3.8, 4) is 22.5 Å². The van der Waals surface area contributed by atoms with Crippen LogP contribution >= 0.6 is 11.3 Å². The van der Waals surface area contributed by atoms with Gasteiger partial charge in [0.25, 0.3) is 5.91 Å². The number of cyclic esters (lactones) is 1. The molecule has 0 spiro atoms. The maximum absolute atomic E-state index is 14.5. The lowest BCUT2D eigenvalue weighted by Crippen LogP contribution is -2.64. The van der Waals surface area contributed by atoms with E-state index >= 15 is 0 Å². The number of carbonyl (C=O) groups is 4. The van der Waals surface area contributed by atoms with Crippen LogP contribution in [-0.4, -0.2) is 118 Å². The number of hydrazine groups is 1. The first-order chi connectivity index (χ1) is 29.2. The number of esters is 1. The molecular formula is C45H61N9O6S. The van der Waals surface area contributed by atoms with Gasteiger partial charge in [-0.25, -0.2) is 15.2 Å². The molecule has 6 bridgehead atoms. The molecule has 7 rings (SSSR count). The van der Waals surface area contributed by atoms with Gasteiger partial charge in [0, 0.05) is 91.8 Å². The van der Waals surface area contributed by atoms with Crippen molar-refractivity contribution in [1.29, 1.82) is 0 Å². The fourth-order valence-corrected chi connectivity index (χ4v) is 9.86. The molecule has 2 saturated heterocycles. The summed E-state index contributed by atoms with van der Waals surface area (Å²) >= 11 is 1.42. The number of methoxy groups -OCH3 is 1. The Morgan fingerprint density at radius 1 is 1.16 bits per heavy atom. The summed E-state index contributed by atoms with van der Waals surface area (Å²) in [7, 11) is 3.31. The summed E-state index contributed by atoms with van der Waals surface area (Å²) in [5, 5.41) is 8.16. The molecule has 16 heteroatoms. The molecule has 5 atom stereocenters. The summed E-state index contributed by atoms with van der Waals surface area (Å²) < 4.78 is 14.2. The molecule has 0 saturated carbocycles. The molecule has 1 aromatic carbocycles. The van der Waals surface area contributed by atoms with Gasteiger partial charge in [0.15, 0.2) is 0 Å². The number of likely N-dealkylation sites (tertiary alicyclic amines) is 1. The normalized spacial score (nSPS) is 21.7. The van der Waals surface area contributed by atoms with Crippen molar-refractivity contribution in [2.75, 3.05) is 40.4 Å². The van der Waals surface area contributed by atoms with Crippen LogP contribution in [-0.2, 0) is 43.2 Å². The maximum atomic E-state index is 14.5. The molecule has 0 radical (unpaired) electrons. The van der Waals surface area contributed by atoms with E-state index in [1.165, 1.54) is 21.2 Å². The average molecular weight is 856 g/mol. The number of ether oxygens (including phenoxy) is 2. The highest BCUT2D eigenvalue weighted by Crippen LogP contribution is 2.42. The predicted octanol–water partition coefficient (Wildman–Crippen LogP) is 5.31. The smallest absolute Gasteiger partial charge is 0.324 e. The molecule has 6 heterocycles. The molecule has 328 valence electrons. The van der Waals surface area contributed by atoms with Gasteiger partial charge in [0.05, 0.1) is 34.8 Å². The van der Waals surface area contributed by atoms with E-state index in [-0.39, 0.29) is 37.1 Å². The zero-order valence-corrected chi connectivity index (χ0v) is 37.5. The number of nitrogens with one attached hydrogen (secondary N) is 2. The minimum atomic E-state index is -1.05. The molecule has 61 heavy (non-hydrogen) atoms. The van der Waals surface area contributed by atoms with Crippen LogP contribution in [0.4, 0.5) is 4.79 Å². The zero-order valence-electron chi connectivity index (χ0n) is 36.7. The van der Waals surface area contributed by atoms with E-state index in [1.54, 1.807) is 25.3 Å². The van der Waals surface area contributed by atoms with Crippen molar-refractivity contribution in [2.24, 2.45) is 17.1 Å². The highest BCUT2D eigenvalue weighted by Gasteiger charge is 2.41. The average Bonchev–Trinajstić information content (AvgIpc) is 3.82. The molecule has 15 nitrogen and oxygen atoms in total. The predicted molar refractivity (Wildman–Crippen MR) is 235 cm³/mol. The molecule has 2 fully saturated rings. The summed E-state index contributed by atoms with van der Waals surface area (Å²) in [6, 6.07) is 7.43. The lowest BCUT2D eigenvalue weighted by molar-refractivity contribution is -0.155. The van der Waals surface area contributed by atoms with E-state index in [9.17, 15) is 19.2 Å². The van der Waals surface area contributed by atoms with Crippen LogP contribution in [0.15, 0.2) is 41.9 Å². The van der Waals surface area contributed by atoms with Crippen LogP contribution in [0.25, 0.3) is 33.4 Å². The number of nitrogens with two attached hydrogens (primary N) is 1. The first kappa shape index (κ1) is 44.2. The number of hydrogen-bond acceptors (Lipinski definition) is 11. The molecule has 4 aromatic rings. The fraction of sp³-hybridized carbons (Fsp3) is 0.556. The minimum Gasteiger partial charge on any atom is -0.464 e. The molecular weight excluding hydrogens is 795 g/mol. The van der Waals surface area contributed by atoms with Crippen molar-refractivity contribution in [1.82, 2.24) is 40.1 Å². The van der Waals surface area contributed by atoms with E-state index < -0.39 is 41.3 Å². The quantitative estimate of drug-likeness (QED) is 0.187. The highest BCUT2D eigenvalue weighted by atomic mass is 32.1. The molecule has 4 amide bonds. The number of aryl methyl sites for hydroxylation is 1. The molecule has 1 unspecified atom stereocenters. The standard InChI is InChI=1S/C45H61N9O6S/c1-9-52-36-15-14-28-20-31(36)32(40(52)30-12-10-17-47-38(30)27(4)59-8)22-45(5,6)25-60-43(57)33-13-11-18-54(50-33)42(56)34(21-37-48-35(28)24-61-37)49-41(55)39(26(2)3)51(7)44(58)53-19-16-29(53)23-46/h10,12,14-15,17,20,24,26-27,29,33-34,39,50H,9,11,13,16,18-19,21-23,25,46H2,1-8H3,(H,49,55)/t27-,29-,33-,34-,39?/m0/s1. The Morgan fingerprint density at radius 2 is 1.95 bits per heavy atom. The Bertz CT molecular complexity index is 2270. The Labute approximate surface area is 362 Å². The van der Waals surface area contributed by atoms with E-state index in [2.05, 4.69) is 60.3 Å². The third-order valence-electron chi connectivity index (χ3n) is 12.4. The van der Waals surface area contributed by atoms with Crippen LogP contribution in [0.1, 0.15) is 83.2 Å². The van der Waals surface area contributed by atoms with Crippen LogP contribution in [0.2, 0.25) is 0 Å². The van der Waals surface area contributed by atoms with Gasteiger partial charge in [0.1, 0.15) is 18.1 Å². The second-order valence-corrected chi connectivity index (χ2v) is 18.7. The van der Waals surface area contributed by atoms with E-state index in [0.717, 1.165) is 51.1 Å². The second-order valence-electron chi connectivity index (χ2n) is 17.7. The first-order valence-corrected chi connectivity index (χ1v) is 22.4. The largest absolute Gasteiger partial charge is 0.464 e. The Hall–Kier alpha value is -4.90. The molecule has 4 N–H and O–H groups in total. The van der Waals surface area contributed by atoms with E-state index in [0.29, 0.717) is 50.4 Å². The Morgan fingerprint density at radius 3 is 2.64 bits per heavy atom. The van der Waals surface area contributed by atoms with E-state index in [4.69, 9.17) is 25.2 Å². The van der Waals surface area contributed by atoms with Gasteiger partial charge in [-0.15, -0.1) is 11.3 Å². The third-order valence-corrected chi connectivity index (χ3v) is 13.3. The number of carbonyl (C=O) groups excluding carboxylic acids is 4. The SMILES string of the molecule is CCn1c(-c2cccnc2[C@H](C)OC)c2c3cc(ccc31)-c1csc(n1)C[C@H](NC(=O)C(C(C)C)N(C)C(=O)N1CC[C@H]1CN)C(=O)N1CCC[C@H](N1)C(=O)OCC(C)(C)C2. The Balaban J connectivity index is 1.30. The molecule has 0 aliphatic carbocycles. The molecule has 3 aliphatic rings. The third kappa shape index (κ3) is 8.90. The number of amides is 4. The molecule has 3 aliphatic heterocycles. The number of rotatable bonds is 9. The van der Waals surface area contributed by atoms with Gasteiger partial charge in [-0.3, -0.25) is 24.4 Å². The number of pyridine rings is 1. The van der Waals surface area contributed by atoms with Gasteiger partial charge in [-0.05, 0) is 75.3 Å². The van der Waals surface area contributed by atoms with E-state index in [1.807, 2.05) is 32.2 Å². The van der Waals surface area contributed by atoms with Crippen LogP contribution in [0.5, 0.6) is 0 Å². The number of aromatic nitrogens is 3. The van der Waals surface area contributed by atoms with Crippen LogP contribution in [0.3, 0.4) is 0 Å². The first-order valence-electron chi connectivity index (χ1n) is 21.5. The van der Waals surface area contributed by atoms with Crippen molar-refractivity contribution in [3.63, 3.8) is 0 Å². The number of benzene rings is 1. The number of likely N-dealkylation sites (N-methyl/N-ethyl adjacent to an activating group) is 1. The van der Waals surface area contributed by atoms with Gasteiger partial charge in [-0.1, -0.05) is 33.8 Å². The second kappa shape index (κ2) is 18.2.